The Bertz CT molecular complexity index is 654. The van der Waals surface area contributed by atoms with Gasteiger partial charge in [0.1, 0.15) is 0 Å². The number of hydrogen-bond donors (Lipinski definition) is 3. The zero-order valence-electron chi connectivity index (χ0n) is 10.4. The highest BCUT2D eigenvalue weighted by molar-refractivity contribution is 9.10. The van der Waals surface area contributed by atoms with Crippen molar-refractivity contribution in [2.24, 2.45) is 0 Å². The number of H-pyrrole nitrogens is 1. The summed E-state index contributed by atoms with van der Waals surface area (Å²) in [4.78, 5) is 12.1. The Morgan fingerprint density at radius 1 is 1.45 bits per heavy atom. The molecule has 1 heterocycles. The van der Waals surface area contributed by atoms with Gasteiger partial charge in [-0.3, -0.25) is 20.7 Å². The van der Waals surface area contributed by atoms with E-state index in [1.807, 2.05) is 0 Å². The van der Waals surface area contributed by atoms with E-state index in [1.54, 1.807) is 24.3 Å². The van der Waals surface area contributed by atoms with E-state index in [9.17, 15) is 4.79 Å². The number of hydrogen-bond acceptors (Lipinski definition) is 3. The van der Waals surface area contributed by atoms with Gasteiger partial charge in [-0.1, -0.05) is 17.7 Å². The van der Waals surface area contributed by atoms with Gasteiger partial charge in [0, 0.05) is 10.9 Å². The van der Waals surface area contributed by atoms with Crippen molar-refractivity contribution >= 4 is 39.1 Å². The van der Waals surface area contributed by atoms with Gasteiger partial charge in [-0.05, 0) is 47.0 Å². The summed E-state index contributed by atoms with van der Waals surface area (Å²) >= 11 is 9.30. The predicted octanol–water partition coefficient (Wildman–Crippen LogP) is 3.46. The molecule has 1 amide bonds. The van der Waals surface area contributed by atoms with Crippen molar-refractivity contribution in [1.82, 2.24) is 15.6 Å². The van der Waals surface area contributed by atoms with Gasteiger partial charge in [0.25, 0.3) is 5.91 Å². The number of carbonyl (C=O) groups is 1. The van der Waals surface area contributed by atoms with E-state index in [0.29, 0.717) is 22.3 Å². The number of nitrogens with zero attached hydrogens (tertiary/aromatic N) is 1. The van der Waals surface area contributed by atoms with E-state index in [2.05, 4.69) is 37.0 Å². The minimum Gasteiger partial charge on any atom is -0.298 e. The van der Waals surface area contributed by atoms with Gasteiger partial charge in [0.05, 0.1) is 15.9 Å². The second-order valence-corrected chi connectivity index (χ2v) is 5.89. The summed E-state index contributed by atoms with van der Waals surface area (Å²) < 4.78 is 0.741. The fourth-order valence-electron chi connectivity index (χ4n) is 1.89. The van der Waals surface area contributed by atoms with Crippen molar-refractivity contribution in [3.8, 4) is 0 Å². The molecule has 0 atom stereocenters. The Morgan fingerprint density at radius 3 is 2.95 bits per heavy atom. The van der Waals surface area contributed by atoms with E-state index in [0.717, 1.165) is 23.0 Å². The second kappa shape index (κ2) is 5.46. The second-order valence-electron chi connectivity index (χ2n) is 4.66. The van der Waals surface area contributed by atoms with Gasteiger partial charge in [0.2, 0.25) is 0 Å². The molecule has 0 saturated heterocycles. The molecule has 1 aliphatic rings. The third-order valence-electron chi connectivity index (χ3n) is 3.08. The van der Waals surface area contributed by atoms with Crippen LogP contribution >= 0.6 is 27.5 Å². The van der Waals surface area contributed by atoms with Crippen molar-refractivity contribution in [3.05, 3.63) is 45.1 Å². The maximum atomic E-state index is 12.1. The Kier molecular flexibility index (Phi) is 3.67. The summed E-state index contributed by atoms with van der Waals surface area (Å²) in [6, 6.07) is 7.09. The molecule has 0 spiro atoms. The summed E-state index contributed by atoms with van der Waals surface area (Å²) in [5, 5.41) is 7.57. The van der Waals surface area contributed by atoms with Crippen LogP contribution < -0.4 is 10.9 Å². The third-order valence-corrected chi connectivity index (χ3v) is 4.12. The zero-order chi connectivity index (χ0) is 14.1. The zero-order valence-corrected chi connectivity index (χ0v) is 12.8. The standard InChI is InChI=1S/C13H12BrClN4O/c14-10-11(7-4-5-7)17-18-12(10)13(20)19-16-9-3-1-2-8(15)6-9/h1-3,6-7,16H,4-5H2,(H,17,18)(H,19,20). The summed E-state index contributed by atoms with van der Waals surface area (Å²) in [6.45, 7) is 0. The fourth-order valence-corrected chi connectivity index (χ4v) is 2.76. The molecule has 0 bridgehead atoms. The van der Waals surface area contributed by atoms with Crippen molar-refractivity contribution in [2.45, 2.75) is 18.8 Å². The largest absolute Gasteiger partial charge is 0.298 e. The minimum atomic E-state index is -0.306. The highest BCUT2D eigenvalue weighted by Gasteiger charge is 2.30. The van der Waals surface area contributed by atoms with Crippen LogP contribution in [0.15, 0.2) is 28.7 Å². The number of rotatable bonds is 4. The molecule has 1 aromatic heterocycles. The number of carbonyl (C=O) groups excluding carboxylic acids is 1. The van der Waals surface area contributed by atoms with Crippen LogP contribution in [-0.2, 0) is 0 Å². The lowest BCUT2D eigenvalue weighted by molar-refractivity contribution is 0.0957. The first-order valence-corrected chi connectivity index (χ1v) is 7.38. The molecule has 7 heteroatoms. The van der Waals surface area contributed by atoms with Gasteiger partial charge in [-0.25, -0.2) is 0 Å². The van der Waals surface area contributed by atoms with Crippen molar-refractivity contribution in [3.63, 3.8) is 0 Å². The van der Waals surface area contributed by atoms with Crippen LogP contribution in [-0.4, -0.2) is 16.1 Å². The minimum absolute atomic E-state index is 0.306. The van der Waals surface area contributed by atoms with E-state index in [4.69, 9.17) is 11.6 Å². The number of hydrazine groups is 1. The van der Waals surface area contributed by atoms with Crippen molar-refractivity contribution < 1.29 is 4.79 Å². The van der Waals surface area contributed by atoms with E-state index < -0.39 is 0 Å². The van der Waals surface area contributed by atoms with Gasteiger partial charge in [0.15, 0.2) is 5.69 Å². The van der Waals surface area contributed by atoms with Crippen LogP contribution in [0.2, 0.25) is 5.02 Å². The van der Waals surface area contributed by atoms with Crippen LogP contribution in [0, 0.1) is 0 Å². The summed E-state index contributed by atoms with van der Waals surface area (Å²) in [5.41, 5.74) is 7.46. The maximum Gasteiger partial charge on any atom is 0.291 e. The first-order chi connectivity index (χ1) is 9.65. The molecule has 0 unspecified atom stereocenters. The van der Waals surface area contributed by atoms with Crippen LogP contribution in [0.1, 0.15) is 34.9 Å². The fraction of sp³-hybridized carbons (Fsp3) is 0.231. The molecule has 2 aromatic rings. The number of halogens is 2. The molecular weight excluding hydrogens is 344 g/mol. The van der Waals surface area contributed by atoms with E-state index >= 15 is 0 Å². The average molecular weight is 356 g/mol. The molecule has 20 heavy (non-hydrogen) atoms. The summed E-state index contributed by atoms with van der Waals surface area (Å²) in [7, 11) is 0. The van der Waals surface area contributed by atoms with Gasteiger partial charge in [-0.2, -0.15) is 5.10 Å². The molecule has 1 aromatic carbocycles. The van der Waals surface area contributed by atoms with Gasteiger partial charge in [-0.15, -0.1) is 0 Å². The summed E-state index contributed by atoms with van der Waals surface area (Å²) in [6.07, 6.45) is 2.28. The molecule has 3 N–H and O–H groups in total. The molecule has 0 aliphatic heterocycles. The SMILES string of the molecule is O=C(NNc1cccc(Cl)c1)c1n[nH]c(C2CC2)c1Br. The number of anilines is 1. The Balaban J connectivity index is 1.67. The lowest BCUT2D eigenvalue weighted by atomic mass is 10.2. The molecule has 1 fully saturated rings. The number of aromatic amines is 1. The number of aromatic nitrogens is 2. The van der Waals surface area contributed by atoms with Gasteiger partial charge >= 0.3 is 0 Å². The average Bonchev–Trinajstić information content (AvgIpc) is 3.19. The van der Waals surface area contributed by atoms with Crippen LogP contribution in [0.3, 0.4) is 0 Å². The molecule has 104 valence electrons. The highest BCUT2D eigenvalue weighted by Crippen LogP contribution is 2.42. The van der Waals surface area contributed by atoms with Gasteiger partial charge < -0.3 is 0 Å². The first kappa shape index (κ1) is 13.5. The third kappa shape index (κ3) is 2.81. The van der Waals surface area contributed by atoms with Crippen molar-refractivity contribution in [2.75, 3.05) is 5.43 Å². The molecule has 5 nitrogen and oxygen atoms in total. The van der Waals surface area contributed by atoms with E-state index in [-0.39, 0.29) is 5.91 Å². The topological polar surface area (TPSA) is 69.8 Å². The number of amides is 1. The lowest BCUT2D eigenvalue weighted by Crippen LogP contribution is -2.29. The Labute approximate surface area is 129 Å². The molecule has 3 rings (SSSR count). The summed E-state index contributed by atoms with van der Waals surface area (Å²) in [5.74, 6) is 0.194. The van der Waals surface area contributed by atoms with Crippen LogP contribution in [0.5, 0.6) is 0 Å². The molecule has 1 saturated carbocycles. The molecule has 1 aliphatic carbocycles. The quantitative estimate of drug-likeness (QED) is 0.736. The Hall–Kier alpha value is -1.53. The monoisotopic (exact) mass is 354 g/mol. The van der Waals surface area contributed by atoms with Crippen LogP contribution in [0.25, 0.3) is 0 Å². The smallest absolute Gasteiger partial charge is 0.291 e. The predicted molar refractivity (Wildman–Crippen MR) is 80.8 cm³/mol. The maximum absolute atomic E-state index is 12.1. The van der Waals surface area contributed by atoms with Crippen LogP contribution in [0.4, 0.5) is 5.69 Å². The normalized spacial score (nSPS) is 14.1. The Morgan fingerprint density at radius 2 is 2.25 bits per heavy atom. The molecule has 0 radical (unpaired) electrons. The van der Waals surface area contributed by atoms with E-state index in [1.165, 1.54) is 0 Å². The number of benzene rings is 1. The first-order valence-electron chi connectivity index (χ1n) is 6.21. The number of nitrogens with one attached hydrogen (secondary N) is 3. The lowest BCUT2D eigenvalue weighted by Gasteiger charge is -2.07. The highest BCUT2D eigenvalue weighted by atomic mass is 79.9. The van der Waals surface area contributed by atoms with Crippen molar-refractivity contribution in [1.29, 1.82) is 0 Å². The molecular formula is C13H12BrClN4O.